The van der Waals surface area contributed by atoms with Gasteiger partial charge in [0.05, 0.1) is 24.0 Å². The monoisotopic (exact) mass is 566 g/mol. The number of pyridine rings is 1. The zero-order valence-electron chi connectivity index (χ0n) is 23.2. The van der Waals surface area contributed by atoms with Crippen molar-refractivity contribution in [3.63, 3.8) is 0 Å². The number of ether oxygens (including phenoxy) is 1. The Morgan fingerprint density at radius 1 is 0.881 bits per heavy atom. The summed E-state index contributed by atoms with van der Waals surface area (Å²) in [6.45, 7) is 0.691. The van der Waals surface area contributed by atoms with E-state index in [-0.39, 0.29) is 22.9 Å². The molecule has 0 aliphatic carbocycles. The second-order valence-electron chi connectivity index (χ2n) is 9.43. The summed E-state index contributed by atoms with van der Waals surface area (Å²) in [5.74, 6) is 0.440. The predicted octanol–water partition coefficient (Wildman–Crippen LogP) is 4.50. The van der Waals surface area contributed by atoms with E-state index in [9.17, 15) is 14.4 Å². The number of nitrogens with one attached hydrogen (secondary N) is 4. The molecule has 1 fully saturated rings. The second kappa shape index (κ2) is 12.8. The normalized spacial score (nSPS) is 12.8. The van der Waals surface area contributed by atoms with Crippen molar-refractivity contribution in [3.8, 4) is 5.75 Å². The molecule has 3 heterocycles. The van der Waals surface area contributed by atoms with E-state index in [0.717, 1.165) is 18.5 Å². The lowest BCUT2D eigenvalue weighted by atomic mass is 10.1. The van der Waals surface area contributed by atoms with Crippen LogP contribution in [0.5, 0.6) is 5.75 Å². The minimum atomic E-state index is -0.447. The number of benzene rings is 2. The first-order valence-corrected chi connectivity index (χ1v) is 13.4. The number of aromatic nitrogens is 3. The molecule has 12 nitrogen and oxygen atoms in total. The van der Waals surface area contributed by atoms with Crippen LogP contribution in [-0.2, 0) is 4.79 Å². The Morgan fingerprint density at radius 3 is 2.43 bits per heavy atom. The van der Waals surface area contributed by atoms with Crippen molar-refractivity contribution in [3.05, 3.63) is 84.2 Å². The van der Waals surface area contributed by atoms with Gasteiger partial charge >= 0.3 is 0 Å². The van der Waals surface area contributed by atoms with Crippen molar-refractivity contribution in [2.45, 2.75) is 19.3 Å². The standard InChI is InChI=1S/C30H30N8O4/c1-31-30(41)27-23(18-25(36-37-27)35-24-10-3-5-16-32-24)34-22-9-7-8-21(28(22)42-2)29(40)33-19-12-14-20(15-13-19)38-17-6-4-11-26(38)39/h3,5,7-10,12-16,18H,4,6,11,17H2,1-2H3,(H,31,41)(H,33,40)(H2,32,34,35,36). The van der Waals surface area contributed by atoms with Crippen molar-refractivity contribution < 1.29 is 19.1 Å². The lowest BCUT2D eigenvalue weighted by Gasteiger charge is -2.26. The molecule has 0 unspecified atom stereocenters. The molecule has 5 rings (SSSR count). The van der Waals surface area contributed by atoms with Gasteiger partial charge < -0.3 is 30.9 Å². The van der Waals surface area contributed by atoms with Crippen molar-refractivity contribution in [2.75, 3.05) is 41.6 Å². The number of carbonyl (C=O) groups is 3. The van der Waals surface area contributed by atoms with Crippen molar-refractivity contribution in [1.29, 1.82) is 0 Å². The molecule has 214 valence electrons. The fourth-order valence-corrected chi connectivity index (χ4v) is 4.58. The number of hydrogen-bond acceptors (Lipinski definition) is 9. The van der Waals surface area contributed by atoms with Crippen LogP contribution in [0.1, 0.15) is 40.1 Å². The quantitative estimate of drug-likeness (QED) is 0.230. The van der Waals surface area contributed by atoms with E-state index in [0.29, 0.717) is 41.7 Å². The van der Waals surface area contributed by atoms with Gasteiger partial charge in [-0.05, 0) is 61.4 Å². The molecule has 0 saturated carbocycles. The Bertz CT molecular complexity index is 1600. The highest BCUT2D eigenvalue weighted by molar-refractivity contribution is 6.08. The molecule has 42 heavy (non-hydrogen) atoms. The Labute approximate surface area is 242 Å². The number of nitrogens with zero attached hydrogens (tertiary/aromatic N) is 4. The van der Waals surface area contributed by atoms with E-state index in [1.54, 1.807) is 59.6 Å². The van der Waals surface area contributed by atoms with Gasteiger partial charge in [0, 0.05) is 43.7 Å². The molecular formula is C30H30N8O4. The minimum Gasteiger partial charge on any atom is -0.494 e. The Kier molecular flexibility index (Phi) is 8.52. The lowest BCUT2D eigenvalue weighted by molar-refractivity contribution is -0.119. The average Bonchev–Trinajstić information content (AvgIpc) is 3.02. The van der Waals surface area contributed by atoms with Gasteiger partial charge in [-0.3, -0.25) is 14.4 Å². The molecule has 1 aliphatic heterocycles. The van der Waals surface area contributed by atoms with Gasteiger partial charge in [-0.15, -0.1) is 10.2 Å². The van der Waals surface area contributed by atoms with Crippen LogP contribution in [0.25, 0.3) is 0 Å². The smallest absolute Gasteiger partial charge is 0.273 e. The molecule has 2 aromatic heterocycles. The fourth-order valence-electron chi connectivity index (χ4n) is 4.58. The number of rotatable bonds is 9. The van der Waals surface area contributed by atoms with Gasteiger partial charge in [-0.2, -0.15) is 0 Å². The van der Waals surface area contributed by atoms with Crippen LogP contribution in [0.4, 0.5) is 34.4 Å². The molecule has 4 N–H and O–H groups in total. The molecule has 0 bridgehead atoms. The van der Waals surface area contributed by atoms with E-state index >= 15 is 0 Å². The maximum atomic E-state index is 13.3. The number of piperidine rings is 1. The third kappa shape index (κ3) is 6.28. The molecule has 1 saturated heterocycles. The third-order valence-electron chi connectivity index (χ3n) is 6.65. The first-order chi connectivity index (χ1) is 20.5. The van der Waals surface area contributed by atoms with Crippen LogP contribution in [-0.4, -0.2) is 53.6 Å². The van der Waals surface area contributed by atoms with Crippen molar-refractivity contribution >= 4 is 52.1 Å². The van der Waals surface area contributed by atoms with E-state index < -0.39 is 11.8 Å². The summed E-state index contributed by atoms with van der Waals surface area (Å²) >= 11 is 0. The Hall–Kier alpha value is -5.52. The van der Waals surface area contributed by atoms with Crippen LogP contribution in [0.3, 0.4) is 0 Å². The molecule has 2 aromatic carbocycles. The summed E-state index contributed by atoms with van der Waals surface area (Å²) < 4.78 is 5.64. The SMILES string of the molecule is CNC(=O)c1nnc(Nc2ccccn2)cc1Nc1cccc(C(=O)Nc2ccc(N3CCCCC3=O)cc2)c1OC. The average molecular weight is 567 g/mol. The first kappa shape index (κ1) is 28.0. The summed E-state index contributed by atoms with van der Waals surface area (Å²) in [5.41, 5.74) is 2.46. The molecule has 0 atom stereocenters. The summed E-state index contributed by atoms with van der Waals surface area (Å²) in [6.07, 6.45) is 4.06. The van der Waals surface area contributed by atoms with E-state index in [2.05, 4.69) is 36.4 Å². The second-order valence-corrected chi connectivity index (χ2v) is 9.43. The third-order valence-corrected chi connectivity index (χ3v) is 6.65. The molecule has 1 aliphatic rings. The fraction of sp³-hybridized carbons (Fsp3) is 0.200. The van der Waals surface area contributed by atoms with E-state index in [1.165, 1.54) is 14.2 Å². The van der Waals surface area contributed by atoms with Gasteiger partial charge in [0.15, 0.2) is 17.3 Å². The largest absolute Gasteiger partial charge is 0.494 e. The summed E-state index contributed by atoms with van der Waals surface area (Å²) in [5, 5.41) is 19.9. The zero-order chi connectivity index (χ0) is 29.5. The highest BCUT2D eigenvalue weighted by atomic mass is 16.5. The maximum Gasteiger partial charge on any atom is 0.273 e. The Morgan fingerprint density at radius 2 is 1.71 bits per heavy atom. The van der Waals surface area contributed by atoms with Gasteiger partial charge in [0.25, 0.3) is 11.8 Å². The molecule has 0 spiro atoms. The number of para-hydroxylation sites is 1. The minimum absolute atomic E-state index is 0.0493. The van der Waals surface area contributed by atoms with Gasteiger partial charge in [0.1, 0.15) is 5.82 Å². The van der Waals surface area contributed by atoms with Gasteiger partial charge in [-0.25, -0.2) is 4.98 Å². The zero-order valence-corrected chi connectivity index (χ0v) is 23.2. The van der Waals surface area contributed by atoms with Crippen LogP contribution < -0.4 is 30.9 Å². The van der Waals surface area contributed by atoms with E-state index in [1.807, 2.05) is 18.2 Å². The predicted molar refractivity (Wildman–Crippen MR) is 160 cm³/mol. The number of methoxy groups -OCH3 is 1. The molecule has 0 radical (unpaired) electrons. The van der Waals surface area contributed by atoms with E-state index in [4.69, 9.17) is 4.74 Å². The summed E-state index contributed by atoms with van der Waals surface area (Å²) in [4.78, 5) is 44.1. The topological polar surface area (TPSA) is 150 Å². The molecule has 12 heteroatoms. The van der Waals surface area contributed by atoms with Crippen molar-refractivity contribution in [1.82, 2.24) is 20.5 Å². The maximum absolute atomic E-state index is 13.3. The van der Waals surface area contributed by atoms with Gasteiger partial charge in [0.2, 0.25) is 5.91 Å². The highest BCUT2D eigenvalue weighted by Gasteiger charge is 2.21. The Balaban J connectivity index is 1.38. The van der Waals surface area contributed by atoms with Crippen LogP contribution in [0.2, 0.25) is 0 Å². The molecule has 4 aromatic rings. The molecule has 3 amide bonds. The summed E-state index contributed by atoms with van der Waals surface area (Å²) in [7, 11) is 2.95. The van der Waals surface area contributed by atoms with Crippen LogP contribution in [0, 0.1) is 0 Å². The lowest BCUT2D eigenvalue weighted by Crippen LogP contribution is -2.35. The number of amides is 3. The van der Waals surface area contributed by atoms with Crippen LogP contribution >= 0.6 is 0 Å². The molecular weight excluding hydrogens is 536 g/mol. The number of hydrogen-bond donors (Lipinski definition) is 4. The van der Waals surface area contributed by atoms with Crippen molar-refractivity contribution in [2.24, 2.45) is 0 Å². The number of anilines is 6. The number of carbonyl (C=O) groups excluding carboxylic acids is 3. The van der Waals surface area contributed by atoms with Crippen LogP contribution in [0.15, 0.2) is 72.9 Å². The highest BCUT2D eigenvalue weighted by Crippen LogP contribution is 2.33. The van der Waals surface area contributed by atoms with Gasteiger partial charge in [-0.1, -0.05) is 12.1 Å². The summed E-state index contributed by atoms with van der Waals surface area (Å²) in [6, 6.07) is 19.2. The first-order valence-electron chi connectivity index (χ1n) is 13.4.